The molecule has 9 aromatic rings. The summed E-state index contributed by atoms with van der Waals surface area (Å²) >= 11 is 0. The molecule has 0 aliphatic carbocycles. The number of imidazole rings is 1. The molecule has 0 amide bonds. The van der Waals surface area contributed by atoms with Crippen LogP contribution in [0.4, 0.5) is 0 Å². The van der Waals surface area contributed by atoms with E-state index in [1.54, 1.807) is 62.7 Å². The van der Waals surface area contributed by atoms with Crippen molar-refractivity contribution in [3.8, 4) is 78.6 Å². The van der Waals surface area contributed by atoms with Crippen molar-refractivity contribution in [2.45, 2.75) is 150 Å². The fourth-order valence-electron chi connectivity index (χ4n) is 10.6. The summed E-state index contributed by atoms with van der Waals surface area (Å²) in [6.45, 7) is 7.16. The van der Waals surface area contributed by atoms with Crippen molar-refractivity contribution in [3.63, 3.8) is 0 Å². The summed E-state index contributed by atoms with van der Waals surface area (Å²) in [6, 6.07) is 47.6. The number of phenolic OH excluding ortho intramolecular Hbond substituents is 1. The molecule has 0 radical (unpaired) electrons. The van der Waals surface area contributed by atoms with Gasteiger partial charge in [0, 0.05) is 52.1 Å². The van der Waals surface area contributed by atoms with Crippen LogP contribution in [0.1, 0.15) is 180 Å². The molecular formula is C71H78N3OPt-. The van der Waals surface area contributed by atoms with Gasteiger partial charge < -0.3 is 5.11 Å². The fourth-order valence-corrected chi connectivity index (χ4v) is 10.6. The number of pyridine rings is 1. The van der Waals surface area contributed by atoms with E-state index in [4.69, 9.17) is 22.3 Å². The van der Waals surface area contributed by atoms with E-state index in [9.17, 15) is 12.0 Å². The molecule has 4 nitrogen and oxygen atoms in total. The Morgan fingerprint density at radius 1 is 0.618 bits per heavy atom. The van der Waals surface area contributed by atoms with Gasteiger partial charge in [-0.2, -0.15) is 0 Å². The van der Waals surface area contributed by atoms with E-state index in [1.165, 1.54) is 24.3 Å². The van der Waals surface area contributed by atoms with Gasteiger partial charge in [-0.3, -0.25) is 9.55 Å². The molecule has 0 aliphatic heterocycles. The molecule has 0 saturated carbocycles. The Kier molecular flexibility index (Phi) is 11.7. The summed E-state index contributed by atoms with van der Waals surface area (Å²) in [5.74, 6) is -2.60. The molecule has 9 rings (SSSR count). The van der Waals surface area contributed by atoms with E-state index in [1.807, 2.05) is 78.9 Å². The third kappa shape index (κ3) is 10.6. The molecule has 1 N–H and O–H groups in total. The van der Waals surface area contributed by atoms with E-state index in [0.29, 0.717) is 55.8 Å². The van der Waals surface area contributed by atoms with Gasteiger partial charge in [-0.25, -0.2) is 4.98 Å². The molecular weight excluding hydrogens is 1110 g/mol. The normalized spacial score (nSPS) is 15.9. The van der Waals surface area contributed by atoms with Gasteiger partial charge in [0.05, 0.1) is 22.3 Å². The smallest absolute Gasteiger partial charge is 0.148 e. The van der Waals surface area contributed by atoms with Gasteiger partial charge in [0.1, 0.15) is 11.6 Å². The summed E-state index contributed by atoms with van der Waals surface area (Å²) < 4.78 is 123. The van der Waals surface area contributed by atoms with Crippen LogP contribution in [-0.4, -0.2) is 19.6 Å². The van der Waals surface area contributed by atoms with Crippen LogP contribution >= 0.6 is 0 Å². The maximum absolute atomic E-state index is 12.6. The van der Waals surface area contributed by atoms with Crippen LogP contribution in [0, 0.1) is 12.9 Å². The van der Waals surface area contributed by atoms with Crippen molar-refractivity contribution < 1.29 is 45.4 Å². The second-order valence-electron chi connectivity index (χ2n) is 21.2. The minimum atomic E-state index is -3.42. The number of hydrogen-bond acceptors (Lipinski definition) is 3. The van der Waals surface area contributed by atoms with Crippen molar-refractivity contribution in [1.82, 2.24) is 14.5 Å². The SMILES string of the molecule is [2H]C([2H])([2H])c1cc(-c2c(C(C)(CC)CC)cccc2C(C)(CC)CC)ccc1-n1c(-c2cc(C([2H])(C)C)cc(C([2H])(C)C)c2O)nc2c(-c3[c-]c(-c4cc(-c5ccc(C(C([2H])([2H])[2H])(C([2H])([2H])[2H])C([2H])([2H])[2H])cc5)ccn4)cc(-c4ccccc4)c3)cccc21.[Pt]. The number of hydrogen-bond donors (Lipinski definition) is 1. The number of aryl methyl sites for hydroxylation is 1. The Bertz CT molecular complexity index is 4010. The summed E-state index contributed by atoms with van der Waals surface area (Å²) in [5, 5.41) is 12.6. The Morgan fingerprint density at radius 2 is 1.25 bits per heavy atom. The molecule has 0 atom stereocenters. The average molecular weight is 1200 g/mol. The van der Waals surface area contributed by atoms with Gasteiger partial charge in [0.2, 0.25) is 0 Å². The molecule has 0 fully saturated rings. The molecule has 2 aromatic heterocycles. The summed E-state index contributed by atoms with van der Waals surface area (Å²) in [7, 11) is 0. The first-order valence-corrected chi connectivity index (χ1v) is 26.3. The topological polar surface area (TPSA) is 50.9 Å². The standard InChI is InChI=1S/C71H78N3O.Pt/c1-15-70(13,16-2)60-27-23-28-61(71(14,17-3)18-4)65(60)51-32-35-63(47(9)38-51)74-64-29-22-26-57(66(64)73-68(74)59-43-52(45(5)6)42-58(46(7)8)67(59)75)54-39-53(48-24-20-19-21-25-48)40-55(41-54)62-44-50(36-37-72-62)49-30-33-56(34-31-49)69(10,11)12;/h19-40,42-46,75H,15-18H2,1-14H3;/q-1;/i9D3,10D3,11D3,12D3,45D,46D;. The number of fused-ring (bicyclic) bond motifs is 1. The van der Waals surface area contributed by atoms with Gasteiger partial charge in [-0.1, -0.05) is 210 Å². The number of phenols is 1. The van der Waals surface area contributed by atoms with E-state index >= 15 is 0 Å². The number of aromatic nitrogens is 3. The van der Waals surface area contributed by atoms with Crippen LogP contribution in [0.25, 0.3) is 83.9 Å². The second-order valence-corrected chi connectivity index (χ2v) is 21.2. The molecule has 5 heteroatoms. The molecule has 7 aromatic carbocycles. The Hall–Kier alpha value is -6.35. The van der Waals surface area contributed by atoms with Crippen molar-refractivity contribution >= 4 is 11.0 Å². The Morgan fingerprint density at radius 3 is 1.87 bits per heavy atom. The van der Waals surface area contributed by atoms with Gasteiger partial charge in [0.15, 0.2) is 0 Å². The quantitative estimate of drug-likeness (QED) is 0.104. The predicted octanol–water partition coefficient (Wildman–Crippen LogP) is 19.9. The first kappa shape index (κ1) is 39.9. The molecule has 394 valence electrons. The third-order valence-electron chi connectivity index (χ3n) is 16.1. The number of nitrogens with zero attached hydrogens (tertiary/aromatic N) is 3. The van der Waals surface area contributed by atoms with Crippen molar-refractivity contribution in [2.24, 2.45) is 0 Å². The maximum atomic E-state index is 12.6. The second kappa shape index (κ2) is 22.3. The summed E-state index contributed by atoms with van der Waals surface area (Å²) in [6.07, 6.45) is 5.04. The van der Waals surface area contributed by atoms with Crippen molar-refractivity contribution in [2.75, 3.05) is 0 Å². The van der Waals surface area contributed by atoms with Gasteiger partial charge >= 0.3 is 0 Å². The van der Waals surface area contributed by atoms with Crippen LogP contribution in [0.15, 0.2) is 152 Å². The van der Waals surface area contributed by atoms with Crippen LogP contribution in [0.5, 0.6) is 5.75 Å². The number of benzene rings is 7. The number of para-hydroxylation sites is 1. The van der Waals surface area contributed by atoms with E-state index in [-0.39, 0.29) is 65.7 Å². The van der Waals surface area contributed by atoms with E-state index in [2.05, 4.69) is 65.8 Å². The first-order chi connectivity index (χ1) is 41.4. The Labute approximate surface area is 489 Å². The molecule has 0 saturated heterocycles. The predicted molar refractivity (Wildman–Crippen MR) is 319 cm³/mol. The zero-order valence-corrected chi connectivity index (χ0v) is 47.6. The number of rotatable bonds is 15. The zero-order valence-electron chi connectivity index (χ0n) is 59.4. The van der Waals surface area contributed by atoms with Crippen LogP contribution in [0.2, 0.25) is 0 Å². The van der Waals surface area contributed by atoms with Crippen molar-refractivity contribution in [3.05, 3.63) is 191 Å². The molecule has 2 heterocycles. The van der Waals surface area contributed by atoms with Crippen LogP contribution in [-0.2, 0) is 37.3 Å². The maximum Gasteiger partial charge on any atom is 0.148 e. The monoisotopic (exact) mass is 1200 g/mol. The minimum Gasteiger partial charge on any atom is -0.507 e. The minimum absolute atomic E-state index is 0. The molecule has 0 spiro atoms. The van der Waals surface area contributed by atoms with Crippen LogP contribution in [0.3, 0.4) is 0 Å². The molecule has 0 bridgehead atoms. The Balaban J connectivity index is 0.0000105. The molecule has 0 unspecified atom stereocenters. The zero-order chi connectivity index (χ0) is 65.4. The van der Waals surface area contributed by atoms with Gasteiger partial charge in [-0.05, 0) is 152 Å². The largest absolute Gasteiger partial charge is 0.507 e. The third-order valence-corrected chi connectivity index (χ3v) is 16.1. The molecule has 76 heavy (non-hydrogen) atoms. The van der Waals surface area contributed by atoms with Crippen LogP contribution < -0.4 is 0 Å². The van der Waals surface area contributed by atoms with Gasteiger partial charge in [0.25, 0.3) is 0 Å². The van der Waals surface area contributed by atoms with E-state index in [0.717, 1.165) is 59.1 Å². The fraction of sp³-hybridized carbons (Fsp3) is 0.324. The first-order valence-electron chi connectivity index (χ1n) is 33.3. The van der Waals surface area contributed by atoms with Gasteiger partial charge in [-0.15, -0.1) is 23.8 Å². The average Bonchev–Trinajstić information content (AvgIpc) is 0.894. The van der Waals surface area contributed by atoms with Crippen molar-refractivity contribution in [1.29, 1.82) is 0 Å². The summed E-state index contributed by atoms with van der Waals surface area (Å²) in [5.41, 5.74) is 7.30. The summed E-state index contributed by atoms with van der Waals surface area (Å²) in [4.78, 5) is 10.3. The number of aromatic hydroxyl groups is 1. The molecule has 0 aliphatic rings. The van der Waals surface area contributed by atoms with E-state index < -0.39 is 44.6 Å².